The number of carbonyl (C=O) groups is 2. The first-order chi connectivity index (χ1) is 16.3. The first kappa shape index (κ1) is 27.0. The molecular formula is C26H37N3O5. The molecule has 2 aromatic rings. The minimum absolute atomic E-state index is 0.0689. The minimum atomic E-state index is -0.225. The van der Waals surface area contributed by atoms with Gasteiger partial charge in [0.2, 0.25) is 11.8 Å². The molecule has 0 heterocycles. The van der Waals surface area contributed by atoms with Crippen molar-refractivity contribution in [3.63, 3.8) is 0 Å². The van der Waals surface area contributed by atoms with E-state index in [9.17, 15) is 9.59 Å². The predicted octanol–water partition coefficient (Wildman–Crippen LogP) is 3.88. The summed E-state index contributed by atoms with van der Waals surface area (Å²) in [4.78, 5) is 26.9. The molecule has 186 valence electrons. The smallest absolute Gasteiger partial charge is 0.238 e. The van der Waals surface area contributed by atoms with E-state index < -0.39 is 0 Å². The van der Waals surface area contributed by atoms with Crippen molar-refractivity contribution in [3.8, 4) is 17.2 Å². The van der Waals surface area contributed by atoms with Crippen molar-refractivity contribution in [2.24, 2.45) is 5.92 Å². The van der Waals surface area contributed by atoms with Crippen molar-refractivity contribution in [2.45, 2.75) is 33.7 Å². The summed E-state index contributed by atoms with van der Waals surface area (Å²) < 4.78 is 16.4. The van der Waals surface area contributed by atoms with Crippen LogP contribution >= 0.6 is 0 Å². The summed E-state index contributed by atoms with van der Waals surface area (Å²) >= 11 is 0. The molecule has 0 aromatic heterocycles. The number of nitrogens with zero attached hydrogens (tertiary/aromatic N) is 1. The number of amides is 2. The van der Waals surface area contributed by atoms with Crippen LogP contribution in [0.25, 0.3) is 0 Å². The van der Waals surface area contributed by atoms with E-state index in [2.05, 4.69) is 24.5 Å². The van der Waals surface area contributed by atoms with E-state index in [1.807, 2.05) is 38.1 Å². The first-order valence-electron chi connectivity index (χ1n) is 11.6. The molecule has 2 amide bonds. The zero-order chi connectivity index (χ0) is 25.1. The van der Waals surface area contributed by atoms with Gasteiger partial charge in [-0.2, -0.15) is 0 Å². The fourth-order valence-corrected chi connectivity index (χ4v) is 3.54. The van der Waals surface area contributed by atoms with Gasteiger partial charge in [0.15, 0.2) is 11.5 Å². The largest absolute Gasteiger partial charge is 0.497 e. The van der Waals surface area contributed by atoms with Crippen LogP contribution in [0.2, 0.25) is 0 Å². The molecule has 2 rings (SSSR count). The van der Waals surface area contributed by atoms with Gasteiger partial charge >= 0.3 is 0 Å². The normalized spacial score (nSPS) is 11.8. The van der Waals surface area contributed by atoms with Crippen LogP contribution in [0.1, 0.15) is 39.3 Å². The summed E-state index contributed by atoms with van der Waals surface area (Å²) in [6, 6.07) is 12.8. The predicted molar refractivity (Wildman–Crippen MR) is 134 cm³/mol. The van der Waals surface area contributed by atoms with Crippen LogP contribution in [-0.2, 0) is 9.59 Å². The lowest BCUT2D eigenvalue weighted by atomic mass is 9.96. The number of anilines is 1. The molecule has 0 saturated carbocycles. The van der Waals surface area contributed by atoms with Gasteiger partial charge in [0.25, 0.3) is 0 Å². The maximum atomic E-state index is 12.7. The molecule has 0 saturated heterocycles. The molecule has 0 aliphatic heterocycles. The number of rotatable bonds is 13. The van der Waals surface area contributed by atoms with Gasteiger partial charge in [0, 0.05) is 11.8 Å². The standard InChI is InChI=1S/C26H37N3O5/c1-7-33-22-14-11-20(15-23(22)34-8-2)27-24(30)16-29(5)17-25(31)28-26(18(3)4)19-9-12-21(32-6)13-10-19/h9-15,18,26H,7-8,16-17H2,1-6H3,(H,27,30)(H,28,31). The highest BCUT2D eigenvalue weighted by atomic mass is 16.5. The second kappa shape index (κ2) is 13.4. The molecule has 34 heavy (non-hydrogen) atoms. The summed E-state index contributed by atoms with van der Waals surface area (Å²) in [5.74, 6) is 1.80. The van der Waals surface area contributed by atoms with Crippen molar-refractivity contribution in [3.05, 3.63) is 48.0 Å². The van der Waals surface area contributed by atoms with Crippen LogP contribution in [0.3, 0.4) is 0 Å². The topological polar surface area (TPSA) is 89.1 Å². The Labute approximate surface area is 202 Å². The third-order valence-electron chi connectivity index (χ3n) is 5.11. The molecule has 0 fully saturated rings. The SMILES string of the molecule is CCOc1ccc(NC(=O)CN(C)CC(=O)NC(c2ccc(OC)cc2)C(C)C)cc1OCC. The Morgan fingerprint density at radius 3 is 2.12 bits per heavy atom. The van der Waals surface area contributed by atoms with E-state index in [1.165, 1.54) is 0 Å². The molecule has 0 spiro atoms. The number of nitrogens with one attached hydrogen (secondary N) is 2. The van der Waals surface area contributed by atoms with Gasteiger partial charge < -0.3 is 24.8 Å². The number of hydrogen-bond donors (Lipinski definition) is 2. The van der Waals surface area contributed by atoms with Crippen molar-refractivity contribution in [2.75, 3.05) is 45.8 Å². The van der Waals surface area contributed by atoms with Crippen molar-refractivity contribution < 1.29 is 23.8 Å². The first-order valence-corrected chi connectivity index (χ1v) is 11.6. The van der Waals surface area contributed by atoms with Gasteiger partial charge in [-0.25, -0.2) is 0 Å². The monoisotopic (exact) mass is 471 g/mol. The van der Waals surface area contributed by atoms with Crippen molar-refractivity contribution in [1.29, 1.82) is 0 Å². The lowest BCUT2D eigenvalue weighted by Crippen LogP contribution is -2.41. The van der Waals surface area contributed by atoms with Crippen LogP contribution in [-0.4, -0.2) is 57.2 Å². The van der Waals surface area contributed by atoms with Gasteiger partial charge in [-0.3, -0.25) is 14.5 Å². The fraction of sp³-hybridized carbons (Fsp3) is 0.462. The van der Waals surface area contributed by atoms with Crippen LogP contribution in [0.4, 0.5) is 5.69 Å². The third kappa shape index (κ3) is 8.26. The Kier molecular flexibility index (Phi) is 10.7. The van der Waals surface area contributed by atoms with Gasteiger partial charge in [0.05, 0.1) is 39.5 Å². The average Bonchev–Trinajstić information content (AvgIpc) is 2.79. The van der Waals surface area contributed by atoms with Crippen LogP contribution in [0.5, 0.6) is 17.2 Å². The molecule has 1 unspecified atom stereocenters. The molecule has 8 nitrogen and oxygen atoms in total. The highest BCUT2D eigenvalue weighted by Crippen LogP contribution is 2.30. The highest BCUT2D eigenvalue weighted by molar-refractivity contribution is 5.93. The number of likely N-dealkylation sites (N-methyl/N-ethyl adjacent to an activating group) is 1. The highest BCUT2D eigenvalue weighted by Gasteiger charge is 2.20. The summed E-state index contributed by atoms with van der Waals surface area (Å²) in [6.45, 7) is 9.08. The van der Waals surface area contributed by atoms with Gasteiger partial charge in [-0.05, 0) is 56.6 Å². The number of ether oxygens (including phenoxy) is 3. The average molecular weight is 472 g/mol. The third-order valence-corrected chi connectivity index (χ3v) is 5.11. The Hall–Kier alpha value is -3.26. The zero-order valence-corrected chi connectivity index (χ0v) is 21.0. The Morgan fingerprint density at radius 2 is 1.53 bits per heavy atom. The molecule has 0 aliphatic rings. The van der Waals surface area contributed by atoms with Crippen LogP contribution < -0.4 is 24.8 Å². The number of carbonyl (C=O) groups excluding carboxylic acids is 2. The molecule has 0 radical (unpaired) electrons. The second-order valence-corrected chi connectivity index (χ2v) is 8.31. The Balaban J connectivity index is 1.92. The fourth-order valence-electron chi connectivity index (χ4n) is 3.54. The molecule has 1 atom stereocenters. The van der Waals surface area contributed by atoms with E-state index in [4.69, 9.17) is 14.2 Å². The quantitative estimate of drug-likeness (QED) is 0.461. The number of benzene rings is 2. The second-order valence-electron chi connectivity index (χ2n) is 8.31. The van der Waals surface area contributed by atoms with Crippen LogP contribution in [0, 0.1) is 5.92 Å². The molecule has 0 aliphatic carbocycles. The summed E-state index contributed by atoms with van der Waals surface area (Å²) in [5.41, 5.74) is 1.61. The van der Waals surface area contributed by atoms with Gasteiger partial charge in [0.1, 0.15) is 5.75 Å². The maximum Gasteiger partial charge on any atom is 0.238 e. The van der Waals surface area contributed by atoms with Crippen molar-refractivity contribution >= 4 is 17.5 Å². The lowest BCUT2D eigenvalue weighted by Gasteiger charge is -2.24. The van der Waals surface area contributed by atoms with Gasteiger partial charge in [-0.15, -0.1) is 0 Å². The summed E-state index contributed by atoms with van der Waals surface area (Å²) in [7, 11) is 3.36. The Bertz CT molecular complexity index is 931. The van der Waals surface area contributed by atoms with E-state index in [0.717, 1.165) is 11.3 Å². The van der Waals surface area contributed by atoms with Crippen LogP contribution in [0.15, 0.2) is 42.5 Å². The summed E-state index contributed by atoms with van der Waals surface area (Å²) in [5, 5.41) is 5.93. The molecule has 2 aromatic carbocycles. The number of methoxy groups -OCH3 is 1. The molecule has 8 heteroatoms. The molecule has 2 N–H and O–H groups in total. The van der Waals surface area contributed by atoms with Crippen molar-refractivity contribution in [1.82, 2.24) is 10.2 Å². The van der Waals surface area contributed by atoms with Gasteiger partial charge in [-0.1, -0.05) is 26.0 Å². The minimum Gasteiger partial charge on any atom is -0.497 e. The molecule has 0 bridgehead atoms. The van der Waals surface area contributed by atoms with E-state index in [0.29, 0.717) is 30.4 Å². The summed E-state index contributed by atoms with van der Waals surface area (Å²) in [6.07, 6.45) is 0. The zero-order valence-electron chi connectivity index (χ0n) is 21.0. The number of hydrogen-bond acceptors (Lipinski definition) is 6. The van der Waals surface area contributed by atoms with E-state index >= 15 is 0 Å². The van der Waals surface area contributed by atoms with E-state index in [1.54, 1.807) is 37.3 Å². The molecular weight excluding hydrogens is 434 g/mol. The lowest BCUT2D eigenvalue weighted by molar-refractivity contribution is -0.123. The maximum absolute atomic E-state index is 12.7. The Morgan fingerprint density at radius 1 is 0.912 bits per heavy atom. The van der Waals surface area contributed by atoms with E-state index in [-0.39, 0.29) is 36.9 Å².